The van der Waals surface area contributed by atoms with Crippen LogP contribution >= 0.6 is 23.2 Å². The van der Waals surface area contributed by atoms with E-state index in [1.807, 2.05) is 0 Å². The van der Waals surface area contributed by atoms with E-state index in [1.165, 1.54) is 6.92 Å². The fourth-order valence-corrected chi connectivity index (χ4v) is 2.78. The number of ether oxygens (including phenoxy) is 1. The monoisotopic (exact) mass is 365 g/mol. The van der Waals surface area contributed by atoms with E-state index in [4.69, 9.17) is 27.9 Å². The first-order valence-corrected chi connectivity index (χ1v) is 7.74. The summed E-state index contributed by atoms with van der Waals surface area (Å²) in [6.45, 7) is 4.15. The number of nitrogens with zero attached hydrogens (tertiary/aromatic N) is 1. The lowest BCUT2D eigenvalue weighted by Crippen LogP contribution is -2.49. The molecule has 1 heterocycles. The van der Waals surface area contributed by atoms with Crippen LogP contribution in [0.4, 0.5) is 4.79 Å². The van der Waals surface area contributed by atoms with Gasteiger partial charge in [-0.05, 0) is 20.3 Å². The number of rotatable bonds is 5. The molecule has 2 atom stereocenters. The zero-order valence-electron chi connectivity index (χ0n) is 12.9. The molecule has 8 nitrogen and oxygen atoms in total. The van der Waals surface area contributed by atoms with Crippen LogP contribution in [0.25, 0.3) is 0 Å². The summed E-state index contributed by atoms with van der Waals surface area (Å²) in [6, 6.07) is -0.742. The van der Waals surface area contributed by atoms with Gasteiger partial charge < -0.3 is 10.1 Å². The second-order valence-corrected chi connectivity index (χ2v) is 7.56. The molecule has 2 fully saturated rings. The average Bonchev–Trinajstić information content (AvgIpc) is 2.92. The summed E-state index contributed by atoms with van der Waals surface area (Å²) in [4.78, 5) is 47.4. The average molecular weight is 366 g/mol. The molecule has 128 valence electrons. The first kappa shape index (κ1) is 17.8. The number of carbonyl (C=O) groups is 4. The lowest BCUT2D eigenvalue weighted by atomic mass is 10.00. The highest BCUT2D eigenvalue weighted by Gasteiger charge is 2.69. The maximum atomic E-state index is 12.1. The summed E-state index contributed by atoms with van der Waals surface area (Å²) in [5.41, 5.74) is -0.0221. The summed E-state index contributed by atoms with van der Waals surface area (Å²) in [6.07, 6.45) is 0.593. The van der Waals surface area contributed by atoms with Gasteiger partial charge in [0.15, 0.2) is 6.61 Å². The van der Waals surface area contributed by atoms with Crippen LogP contribution in [0.15, 0.2) is 0 Å². The number of amides is 4. The van der Waals surface area contributed by atoms with Crippen molar-refractivity contribution in [3.05, 3.63) is 0 Å². The van der Waals surface area contributed by atoms with E-state index in [-0.39, 0.29) is 6.42 Å². The van der Waals surface area contributed by atoms with Crippen molar-refractivity contribution in [3.8, 4) is 0 Å². The largest absolute Gasteiger partial charge is 0.455 e. The molecule has 0 unspecified atom stereocenters. The quantitative estimate of drug-likeness (QED) is 0.427. The Hall–Kier alpha value is -1.54. The van der Waals surface area contributed by atoms with E-state index >= 15 is 0 Å². The molecule has 1 aliphatic heterocycles. The summed E-state index contributed by atoms with van der Waals surface area (Å²) in [5, 5.41) is 3.05. The molecule has 4 amide bonds. The third-order valence-corrected chi connectivity index (χ3v) is 5.35. The zero-order chi connectivity index (χ0) is 17.6. The molecule has 0 aromatic rings. The molecule has 0 radical (unpaired) electrons. The smallest absolute Gasteiger partial charge is 0.344 e. The van der Waals surface area contributed by atoms with Crippen LogP contribution in [0.5, 0.6) is 0 Å². The fraction of sp³-hybridized carbons (Fsp3) is 0.692. The van der Waals surface area contributed by atoms with E-state index in [1.54, 1.807) is 13.8 Å². The number of hydrazine groups is 1. The van der Waals surface area contributed by atoms with Gasteiger partial charge in [-0.2, -0.15) is 5.01 Å². The number of halogens is 2. The number of nitrogens with one attached hydrogen (secondary N) is 2. The minimum Gasteiger partial charge on any atom is -0.455 e. The Morgan fingerprint density at radius 1 is 1.35 bits per heavy atom. The maximum absolute atomic E-state index is 12.1. The fourth-order valence-electron chi connectivity index (χ4n) is 2.09. The molecule has 10 heteroatoms. The second kappa shape index (κ2) is 5.52. The van der Waals surface area contributed by atoms with Gasteiger partial charge in [-0.15, -0.1) is 23.2 Å². The Morgan fingerprint density at radius 3 is 2.35 bits per heavy atom. The zero-order valence-corrected chi connectivity index (χ0v) is 14.4. The normalized spacial score (nSPS) is 31.6. The molecule has 0 aromatic heterocycles. The maximum Gasteiger partial charge on any atom is 0.344 e. The Labute approximate surface area is 142 Å². The molecule has 2 rings (SSSR count). The van der Waals surface area contributed by atoms with E-state index in [0.717, 1.165) is 0 Å². The molecule has 0 spiro atoms. The van der Waals surface area contributed by atoms with Crippen molar-refractivity contribution < 1.29 is 23.9 Å². The number of alkyl halides is 2. The highest BCUT2D eigenvalue weighted by molar-refractivity contribution is 6.53. The Bertz CT molecular complexity index is 596. The molecule has 1 aliphatic carbocycles. The summed E-state index contributed by atoms with van der Waals surface area (Å²) < 4.78 is 3.64. The van der Waals surface area contributed by atoms with Crippen molar-refractivity contribution in [2.24, 2.45) is 5.41 Å². The molecule has 2 N–H and O–H groups in total. The first-order chi connectivity index (χ1) is 10.5. The SMILES string of the molecule is CC[C@]1(C)NC(=O)N(NC(=O)COC(=O)[C@]2(C)CC2(Cl)Cl)C1=O. The van der Waals surface area contributed by atoms with Crippen LogP contribution < -0.4 is 10.7 Å². The van der Waals surface area contributed by atoms with Crippen molar-refractivity contribution in [2.45, 2.75) is 43.5 Å². The standard InChI is InChI=1S/C13H17Cl2N3O5/c1-4-12(3)8(20)18(10(22)16-12)17-7(19)5-23-9(21)11(2)6-13(11,14)15/h4-6H2,1-3H3,(H,16,22)(H,17,19)/t11-,12-/m0/s1. The summed E-state index contributed by atoms with van der Waals surface area (Å²) in [7, 11) is 0. The van der Waals surface area contributed by atoms with Gasteiger partial charge in [-0.1, -0.05) is 6.92 Å². The van der Waals surface area contributed by atoms with Crippen molar-refractivity contribution in [1.29, 1.82) is 0 Å². The summed E-state index contributed by atoms with van der Waals surface area (Å²) >= 11 is 11.7. The van der Waals surface area contributed by atoms with E-state index < -0.39 is 45.7 Å². The van der Waals surface area contributed by atoms with Crippen LogP contribution in [0.1, 0.15) is 33.6 Å². The highest BCUT2D eigenvalue weighted by atomic mass is 35.5. The predicted molar refractivity (Wildman–Crippen MR) is 80.3 cm³/mol. The van der Waals surface area contributed by atoms with Gasteiger partial charge >= 0.3 is 12.0 Å². The molecule has 1 saturated carbocycles. The van der Waals surface area contributed by atoms with Crippen molar-refractivity contribution in [1.82, 2.24) is 15.8 Å². The second-order valence-electron chi connectivity index (χ2n) is 6.08. The first-order valence-electron chi connectivity index (χ1n) is 6.98. The predicted octanol–water partition coefficient (Wildman–Crippen LogP) is 0.865. The topological polar surface area (TPSA) is 105 Å². The minimum atomic E-state index is -1.20. The van der Waals surface area contributed by atoms with Crippen LogP contribution in [0, 0.1) is 5.41 Å². The number of hydrogen-bond donors (Lipinski definition) is 2. The number of imide groups is 1. The van der Waals surface area contributed by atoms with Gasteiger partial charge in [-0.3, -0.25) is 19.8 Å². The number of hydrogen-bond acceptors (Lipinski definition) is 5. The molecule has 0 aromatic carbocycles. The van der Waals surface area contributed by atoms with Gasteiger partial charge in [0, 0.05) is 6.42 Å². The van der Waals surface area contributed by atoms with Crippen molar-refractivity contribution in [3.63, 3.8) is 0 Å². The Balaban J connectivity index is 1.88. The molecular formula is C13H17Cl2N3O5. The van der Waals surface area contributed by atoms with Crippen molar-refractivity contribution >= 4 is 47.0 Å². The number of esters is 1. The lowest BCUT2D eigenvalue weighted by molar-refractivity contribution is -0.154. The van der Waals surface area contributed by atoms with E-state index in [2.05, 4.69) is 10.7 Å². The van der Waals surface area contributed by atoms with Gasteiger partial charge in [0.2, 0.25) is 0 Å². The number of urea groups is 1. The Morgan fingerprint density at radius 2 is 1.91 bits per heavy atom. The van der Waals surface area contributed by atoms with Crippen LogP contribution in [0.2, 0.25) is 0 Å². The molecule has 0 bridgehead atoms. The number of carbonyl (C=O) groups excluding carboxylic acids is 4. The van der Waals surface area contributed by atoms with Gasteiger partial charge in [0.05, 0.1) is 0 Å². The van der Waals surface area contributed by atoms with Crippen LogP contribution in [-0.2, 0) is 19.1 Å². The van der Waals surface area contributed by atoms with E-state index in [9.17, 15) is 19.2 Å². The van der Waals surface area contributed by atoms with Gasteiger partial charge in [0.25, 0.3) is 11.8 Å². The molecule has 23 heavy (non-hydrogen) atoms. The third-order valence-electron chi connectivity index (χ3n) is 4.25. The molecule has 1 saturated heterocycles. The van der Waals surface area contributed by atoms with Crippen molar-refractivity contribution in [2.75, 3.05) is 6.61 Å². The minimum absolute atomic E-state index is 0.228. The Kier molecular flexibility index (Phi) is 4.28. The third kappa shape index (κ3) is 2.97. The molecular weight excluding hydrogens is 349 g/mol. The summed E-state index contributed by atoms with van der Waals surface area (Å²) in [5.74, 6) is -2.12. The van der Waals surface area contributed by atoms with Gasteiger partial charge in [-0.25, -0.2) is 4.79 Å². The van der Waals surface area contributed by atoms with Crippen LogP contribution in [-0.4, -0.2) is 45.3 Å². The van der Waals surface area contributed by atoms with Crippen LogP contribution in [0.3, 0.4) is 0 Å². The lowest BCUT2D eigenvalue weighted by Gasteiger charge is -2.19. The molecule has 2 aliphatic rings. The van der Waals surface area contributed by atoms with E-state index in [0.29, 0.717) is 11.4 Å². The van der Waals surface area contributed by atoms with Gasteiger partial charge in [0.1, 0.15) is 15.3 Å². The highest BCUT2D eigenvalue weighted by Crippen LogP contribution is 2.64.